The zero-order chi connectivity index (χ0) is 35.6. The predicted octanol–water partition coefficient (Wildman–Crippen LogP) is 13.4. The Morgan fingerprint density at radius 3 is 1.30 bits per heavy atom. The van der Waals surface area contributed by atoms with Crippen molar-refractivity contribution in [2.45, 2.75) is 0 Å². The summed E-state index contributed by atoms with van der Waals surface area (Å²) in [4.78, 5) is 5.14. The number of aromatic nitrogens is 1. The van der Waals surface area contributed by atoms with Crippen LogP contribution in [0.5, 0.6) is 0 Å². The lowest BCUT2D eigenvalue weighted by Crippen LogP contribution is -1.86. The number of benzene rings is 8. The van der Waals surface area contributed by atoms with Gasteiger partial charge in [0.1, 0.15) is 5.52 Å². The van der Waals surface area contributed by atoms with Gasteiger partial charge >= 0.3 is 0 Å². The van der Waals surface area contributed by atoms with Crippen LogP contribution in [-0.2, 0) is 0 Å². The number of nitrogens with zero attached hydrogens (tertiary/aromatic N) is 2. The maximum atomic E-state index is 9.16. The molecule has 9 aromatic rings. The van der Waals surface area contributed by atoms with Crippen molar-refractivity contribution in [2.24, 2.45) is 0 Å². The third-order valence-electron chi connectivity index (χ3n) is 9.80. The molecule has 3 nitrogen and oxygen atoms in total. The summed E-state index contributed by atoms with van der Waals surface area (Å²) in [7, 11) is 0. The highest BCUT2D eigenvalue weighted by Gasteiger charge is 2.17. The molecule has 8 aromatic carbocycles. The number of rotatable bonds is 7. The number of hydrogen-bond acceptors (Lipinski definition) is 3. The number of hydrogen-bond donors (Lipinski definition) is 0. The van der Waals surface area contributed by atoms with E-state index >= 15 is 0 Å². The minimum Gasteiger partial charge on any atom is -0.436 e. The first-order valence-corrected chi connectivity index (χ1v) is 17.7. The van der Waals surface area contributed by atoms with Crippen LogP contribution in [0.1, 0.15) is 5.56 Å². The highest BCUT2D eigenvalue weighted by atomic mass is 16.3. The van der Waals surface area contributed by atoms with Gasteiger partial charge in [0.25, 0.3) is 0 Å². The van der Waals surface area contributed by atoms with Gasteiger partial charge in [0.15, 0.2) is 5.58 Å². The maximum Gasteiger partial charge on any atom is 0.227 e. The fourth-order valence-electron chi connectivity index (χ4n) is 6.92. The van der Waals surface area contributed by atoms with Crippen LogP contribution < -0.4 is 0 Å². The average molecular weight is 677 g/mol. The maximum absolute atomic E-state index is 9.16. The Hall–Kier alpha value is -7.28. The van der Waals surface area contributed by atoms with Crippen LogP contribution in [-0.4, -0.2) is 4.98 Å². The van der Waals surface area contributed by atoms with Crippen molar-refractivity contribution in [3.8, 4) is 84.3 Å². The first-order valence-electron chi connectivity index (χ1n) is 17.7. The van der Waals surface area contributed by atoms with Gasteiger partial charge in [-0.25, -0.2) is 4.98 Å². The van der Waals surface area contributed by atoms with Gasteiger partial charge in [-0.1, -0.05) is 158 Å². The molecule has 0 spiro atoms. The first-order chi connectivity index (χ1) is 26.2. The largest absolute Gasteiger partial charge is 0.436 e. The molecule has 0 saturated heterocycles. The Kier molecular flexibility index (Phi) is 8.25. The zero-order valence-corrected chi connectivity index (χ0v) is 28.8. The normalized spacial score (nSPS) is 11.0. The van der Waals surface area contributed by atoms with Crippen molar-refractivity contribution < 1.29 is 4.42 Å². The fourth-order valence-corrected chi connectivity index (χ4v) is 6.92. The van der Waals surface area contributed by atoms with E-state index in [2.05, 4.69) is 164 Å². The molecule has 0 aliphatic heterocycles. The Balaban J connectivity index is 1.09. The first kappa shape index (κ1) is 31.7. The summed E-state index contributed by atoms with van der Waals surface area (Å²) < 4.78 is 6.62. The Bertz CT molecular complexity index is 2720. The van der Waals surface area contributed by atoms with Crippen LogP contribution in [0.15, 0.2) is 199 Å². The van der Waals surface area contributed by atoms with Crippen LogP contribution in [0.4, 0.5) is 0 Å². The number of nitriles is 1. The van der Waals surface area contributed by atoms with Crippen molar-refractivity contribution >= 4 is 11.1 Å². The molecule has 0 saturated carbocycles. The highest BCUT2D eigenvalue weighted by Crippen LogP contribution is 2.38. The number of fused-ring (bicyclic) bond motifs is 1. The van der Waals surface area contributed by atoms with Gasteiger partial charge in [-0.15, -0.1) is 0 Å². The lowest BCUT2D eigenvalue weighted by atomic mass is 9.95. The van der Waals surface area contributed by atoms with Crippen LogP contribution in [0.3, 0.4) is 0 Å². The molecule has 0 aliphatic rings. The third kappa shape index (κ3) is 6.42. The van der Waals surface area contributed by atoms with Gasteiger partial charge in [0.2, 0.25) is 5.89 Å². The van der Waals surface area contributed by atoms with Gasteiger partial charge in [-0.05, 0) is 97.6 Å². The summed E-state index contributed by atoms with van der Waals surface area (Å²) in [6.07, 6.45) is 0. The Labute approximate surface area is 308 Å². The molecule has 0 radical (unpaired) electrons. The van der Waals surface area contributed by atoms with E-state index in [0.29, 0.717) is 11.5 Å². The van der Waals surface area contributed by atoms with Gasteiger partial charge in [-0.2, -0.15) is 5.26 Å². The summed E-state index contributed by atoms with van der Waals surface area (Å²) in [6.45, 7) is 0. The standard InChI is InChI=1S/C50H32N2O/c51-33-34-14-16-37(17-15-34)40-18-22-41(23-19-40)44-12-7-13-45(30-44)50-52-49-47(43-28-26-39(27-29-43)36-10-5-2-6-11-36)31-46(32-48(49)53-50)42-24-20-38(21-25-42)35-8-3-1-4-9-35/h1-32H. The summed E-state index contributed by atoms with van der Waals surface area (Å²) in [6, 6.07) is 69.4. The van der Waals surface area contributed by atoms with E-state index in [4.69, 9.17) is 14.7 Å². The van der Waals surface area contributed by atoms with E-state index < -0.39 is 0 Å². The lowest BCUT2D eigenvalue weighted by Gasteiger charge is -2.09. The minimum absolute atomic E-state index is 0.579. The zero-order valence-electron chi connectivity index (χ0n) is 28.8. The molecule has 248 valence electrons. The second-order valence-electron chi connectivity index (χ2n) is 13.1. The monoisotopic (exact) mass is 676 g/mol. The van der Waals surface area contributed by atoms with E-state index in [-0.39, 0.29) is 0 Å². The molecule has 0 unspecified atom stereocenters. The minimum atomic E-state index is 0.579. The van der Waals surface area contributed by atoms with Gasteiger partial charge < -0.3 is 4.42 Å². The molecule has 0 fully saturated rings. The second-order valence-corrected chi connectivity index (χ2v) is 13.1. The quantitative estimate of drug-likeness (QED) is 0.169. The van der Waals surface area contributed by atoms with Gasteiger partial charge in [0.05, 0.1) is 11.6 Å². The van der Waals surface area contributed by atoms with E-state index in [0.717, 1.165) is 61.2 Å². The van der Waals surface area contributed by atoms with Crippen molar-refractivity contribution in [2.75, 3.05) is 0 Å². The van der Waals surface area contributed by atoms with E-state index in [1.807, 2.05) is 36.4 Å². The highest BCUT2D eigenvalue weighted by molar-refractivity contribution is 5.96. The lowest BCUT2D eigenvalue weighted by molar-refractivity contribution is 0.620. The van der Waals surface area contributed by atoms with Crippen LogP contribution in [0, 0.1) is 11.3 Å². The molecule has 1 aromatic heterocycles. The molecule has 3 heteroatoms. The van der Waals surface area contributed by atoms with Gasteiger partial charge in [0, 0.05) is 11.1 Å². The molecule has 1 heterocycles. The van der Waals surface area contributed by atoms with Crippen LogP contribution in [0.25, 0.3) is 89.3 Å². The molecule has 0 N–H and O–H groups in total. The SMILES string of the molecule is N#Cc1ccc(-c2ccc(-c3cccc(-c4nc5c(-c6ccc(-c7ccccc7)cc6)cc(-c6ccc(-c7ccccc7)cc6)cc5o4)c3)cc2)cc1. The molecular formula is C50H32N2O. The molecular weight excluding hydrogens is 645 g/mol. The van der Waals surface area contributed by atoms with E-state index in [1.165, 1.54) is 22.3 Å². The molecule has 53 heavy (non-hydrogen) atoms. The third-order valence-corrected chi connectivity index (χ3v) is 9.80. The average Bonchev–Trinajstić information content (AvgIpc) is 3.69. The topological polar surface area (TPSA) is 49.8 Å². The van der Waals surface area contributed by atoms with Crippen molar-refractivity contribution in [1.29, 1.82) is 5.26 Å². The van der Waals surface area contributed by atoms with Gasteiger partial charge in [-0.3, -0.25) is 0 Å². The summed E-state index contributed by atoms with van der Waals surface area (Å²) in [5.74, 6) is 0.579. The van der Waals surface area contributed by atoms with Crippen molar-refractivity contribution in [3.63, 3.8) is 0 Å². The van der Waals surface area contributed by atoms with Crippen LogP contribution in [0.2, 0.25) is 0 Å². The van der Waals surface area contributed by atoms with E-state index in [9.17, 15) is 0 Å². The molecule has 0 amide bonds. The number of oxazole rings is 1. The molecule has 9 rings (SSSR count). The van der Waals surface area contributed by atoms with Crippen molar-refractivity contribution in [1.82, 2.24) is 4.98 Å². The van der Waals surface area contributed by atoms with Crippen molar-refractivity contribution in [3.05, 3.63) is 200 Å². The predicted molar refractivity (Wildman–Crippen MR) is 217 cm³/mol. The molecule has 0 bridgehead atoms. The fraction of sp³-hybridized carbons (Fsp3) is 0. The smallest absolute Gasteiger partial charge is 0.227 e. The summed E-state index contributed by atoms with van der Waals surface area (Å²) >= 11 is 0. The summed E-state index contributed by atoms with van der Waals surface area (Å²) in [5.41, 5.74) is 16.5. The Morgan fingerprint density at radius 1 is 0.358 bits per heavy atom. The summed E-state index contributed by atoms with van der Waals surface area (Å²) in [5, 5.41) is 9.16. The van der Waals surface area contributed by atoms with Crippen LogP contribution >= 0.6 is 0 Å². The van der Waals surface area contributed by atoms with E-state index in [1.54, 1.807) is 0 Å². The molecule has 0 aliphatic carbocycles. The Morgan fingerprint density at radius 2 is 0.774 bits per heavy atom. The second kappa shape index (κ2) is 13.8. The molecule has 0 atom stereocenters.